The van der Waals surface area contributed by atoms with E-state index in [1.54, 1.807) is 6.92 Å². The van der Waals surface area contributed by atoms with Crippen molar-refractivity contribution in [3.8, 4) is 0 Å². The SMILES string of the molecule is Cc1cc(NC(=O)c2cccc(C(F)(F)F)c2)nn1Cc1cccc(C(F)(F)F)c1. The fourth-order valence-electron chi connectivity index (χ4n) is 2.78. The minimum Gasteiger partial charge on any atom is -0.305 e. The number of nitrogens with one attached hydrogen (secondary N) is 1. The van der Waals surface area contributed by atoms with Gasteiger partial charge in [0.15, 0.2) is 5.82 Å². The van der Waals surface area contributed by atoms with Crippen LogP contribution in [-0.4, -0.2) is 15.7 Å². The maximum atomic E-state index is 12.9. The van der Waals surface area contributed by atoms with Crippen LogP contribution >= 0.6 is 0 Å². The molecule has 0 saturated heterocycles. The van der Waals surface area contributed by atoms with Crippen LogP contribution < -0.4 is 5.32 Å². The van der Waals surface area contributed by atoms with E-state index in [0.29, 0.717) is 11.3 Å². The number of rotatable bonds is 4. The van der Waals surface area contributed by atoms with Crippen LogP contribution in [0.2, 0.25) is 0 Å². The van der Waals surface area contributed by atoms with Crippen LogP contribution in [0, 0.1) is 6.92 Å². The molecule has 0 bridgehead atoms. The van der Waals surface area contributed by atoms with Crippen molar-refractivity contribution in [3.05, 3.63) is 82.5 Å². The highest BCUT2D eigenvalue weighted by Gasteiger charge is 2.31. The Balaban J connectivity index is 1.76. The lowest BCUT2D eigenvalue weighted by Crippen LogP contribution is -2.14. The average molecular weight is 427 g/mol. The molecule has 1 amide bonds. The van der Waals surface area contributed by atoms with Gasteiger partial charge in [-0.15, -0.1) is 0 Å². The van der Waals surface area contributed by atoms with Gasteiger partial charge in [0, 0.05) is 17.3 Å². The van der Waals surface area contributed by atoms with Crippen molar-refractivity contribution in [3.63, 3.8) is 0 Å². The first-order chi connectivity index (χ1) is 13.9. The van der Waals surface area contributed by atoms with E-state index in [-0.39, 0.29) is 17.9 Å². The Hall–Kier alpha value is -3.30. The monoisotopic (exact) mass is 427 g/mol. The van der Waals surface area contributed by atoms with Gasteiger partial charge in [-0.25, -0.2) is 0 Å². The molecule has 0 unspecified atom stereocenters. The summed E-state index contributed by atoms with van der Waals surface area (Å²) in [5.74, 6) is -0.716. The van der Waals surface area contributed by atoms with Gasteiger partial charge in [-0.2, -0.15) is 31.4 Å². The van der Waals surface area contributed by atoms with Crippen LogP contribution in [0.15, 0.2) is 54.6 Å². The quantitative estimate of drug-likeness (QED) is 0.557. The molecule has 2 aromatic carbocycles. The van der Waals surface area contributed by atoms with Crippen LogP contribution in [0.25, 0.3) is 0 Å². The van der Waals surface area contributed by atoms with Gasteiger partial charge in [0.2, 0.25) is 0 Å². The number of halogens is 6. The summed E-state index contributed by atoms with van der Waals surface area (Å²) >= 11 is 0. The zero-order valence-corrected chi connectivity index (χ0v) is 15.5. The number of alkyl halides is 6. The van der Waals surface area contributed by atoms with Gasteiger partial charge in [0.05, 0.1) is 17.7 Å². The van der Waals surface area contributed by atoms with Gasteiger partial charge >= 0.3 is 12.4 Å². The number of hydrogen-bond acceptors (Lipinski definition) is 2. The first kappa shape index (κ1) is 21.4. The van der Waals surface area contributed by atoms with Gasteiger partial charge < -0.3 is 5.32 Å². The van der Waals surface area contributed by atoms with E-state index >= 15 is 0 Å². The summed E-state index contributed by atoms with van der Waals surface area (Å²) in [6, 6.07) is 10.2. The third-order valence-electron chi connectivity index (χ3n) is 4.26. The Morgan fingerprint density at radius 1 is 0.933 bits per heavy atom. The number of hydrogen-bond donors (Lipinski definition) is 1. The molecule has 10 heteroatoms. The minimum atomic E-state index is -4.58. The van der Waals surface area contributed by atoms with E-state index in [2.05, 4.69) is 10.4 Å². The molecule has 1 aromatic heterocycles. The standard InChI is InChI=1S/C20H15F6N3O/c1-12-8-17(27-18(30)14-5-3-7-16(10-14)20(24,25)26)28-29(12)11-13-4-2-6-15(9-13)19(21,22)23/h2-10H,11H2,1H3,(H,27,28,30). The van der Waals surface area contributed by atoms with Crippen molar-refractivity contribution in [1.82, 2.24) is 9.78 Å². The topological polar surface area (TPSA) is 46.9 Å². The van der Waals surface area contributed by atoms with Gasteiger partial charge in [0.25, 0.3) is 5.91 Å². The summed E-state index contributed by atoms with van der Waals surface area (Å²) < 4.78 is 78.4. The molecule has 0 aliphatic carbocycles. The van der Waals surface area contributed by atoms with Crippen molar-refractivity contribution in [2.45, 2.75) is 25.8 Å². The average Bonchev–Trinajstić information content (AvgIpc) is 2.99. The second kappa shape index (κ2) is 7.85. The van der Waals surface area contributed by atoms with Crippen molar-refractivity contribution >= 4 is 11.7 Å². The largest absolute Gasteiger partial charge is 0.416 e. The van der Waals surface area contributed by atoms with Crippen LogP contribution in [0.1, 0.15) is 32.7 Å². The highest BCUT2D eigenvalue weighted by molar-refractivity contribution is 6.03. The number of aromatic nitrogens is 2. The Labute approximate surface area is 167 Å². The zero-order chi connectivity index (χ0) is 22.1. The number of anilines is 1. The number of benzene rings is 2. The molecule has 1 N–H and O–H groups in total. The zero-order valence-electron chi connectivity index (χ0n) is 15.5. The molecule has 0 fully saturated rings. The van der Waals surface area contributed by atoms with Gasteiger partial charge in [-0.3, -0.25) is 9.48 Å². The molecule has 0 aliphatic rings. The third kappa shape index (κ3) is 5.00. The molecule has 1 heterocycles. The molecular formula is C20H15F6N3O. The second-order valence-corrected chi connectivity index (χ2v) is 6.56. The van der Waals surface area contributed by atoms with Crippen LogP contribution in [-0.2, 0) is 18.9 Å². The third-order valence-corrected chi connectivity index (χ3v) is 4.26. The van der Waals surface area contributed by atoms with Crippen LogP contribution in [0.3, 0.4) is 0 Å². The molecule has 0 atom stereocenters. The van der Waals surface area contributed by atoms with E-state index in [1.165, 1.54) is 28.9 Å². The van der Waals surface area contributed by atoms with Crippen molar-refractivity contribution < 1.29 is 31.1 Å². The predicted octanol–water partition coefficient (Wildman–Crippen LogP) is 5.53. The number of amides is 1. The lowest BCUT2D eigenvalue weighted by Gasteiger charge is -2.10. The predicted molar refractivity (Wildman–Crippen MR) is 96.9 cm³/mol. The second-order valence-electron chi connectivity index (χ2n) is 6.56. The Morgan fingerprint density at radius 2 is 1.53 bits per heavy atom. The minimum absolute atomic E-state index is 0.0230. The highest BCUT2D eigenvalue weighted by Crippen LogP contribution is 2.30. The Kier molecular flexibility index (Phi) is 5.60. The summed E-state index contributed by atoms with van der Waals surface area (Å²) in [4.78, 5) is 12.3. The first-order valence-electron chi connectivity index (χ1n) is 8.63. The van der Waals surface area contributed by atoms with E-state index < -0.39 is 29.4 Å². The maximum Gasteiger partial charge on any atom is 0.416 e. The molecule has 158 valence electrons. The fraction of sp³-hybridized carbons (Fsp3) is 0.200. The van der Waals surface area contributed by atoms with Gasteiger partial charge in [-0.05, 0) is 42.8 Å². The van der Waals surface area contributed by atoms with Crippen molar-refractivity contribution in [2.75, 3.05) is 5.32 Å². The molecule has 4 nitrogen and oxygen atoms in total. The van der Waals surface area contributed by atoms with Crippen molar-refractivity contribution in [2.24, 2.45) is 0 Å². The summed E-state index contributed by atoms with van der Waals surface area (Å²) in [6.45, 7) is 1.66. The smallest absolute Gasteiger partial charge is 0.305 e. The fourth-order valence-corrected chi connectivity index (χ4v) is 2.78. The molecule has 0 saturated carbocycles. The molecule has 3 rings (SSSR count). The number of carbonyl (C=O) groups excluding carboxylic acids is 1. The summed E-state index contributed by atoms with van der Waals surface area (Å²) in [7, 11) is 0. The molecule has 0 aliphatic heterocycles. The molecular weight excluding hydrogens is 412 g/mol. The van der Waals surface area contributed by atoms with Crippen LogP contribution in [0.5, 0.6) is 0 Å². The van der Waals surface area contributed by atoms with Crippen LogP contribution in [0.4, 0.5) is 32.2 Å². The Morgan fingerprint density at radius 3 is 2.17 bits per heavy atom. The van der Waals surface area contributed by atoms with E-state index in [4.69, 9.17) is 0 Å². The first-order valence-corrected chi connectivity index (χ1v) is 8.63. The lowest BCUT2D eigenvalue weighted by atomic mass is 10.1. The lowest BCUT2D eigenvalue weighted by molar-refractivity contribution is -0.138. The van der Waals surface area contributed by atoms with Crippen molar-refractivity contribution in [1.29, 1.82) is 0 Å². The van der Waals surface area contributed by atoms with E-state index in [0.717, 1.165) is 30.3 Å². The Bertz CT molecular complexity index is 1070. The van der Waals surface area contributed by atoms with E-state index in [1.807, 2.05) is 0 Å². The normalized spacial score (nSPS) is 12.1. The molecule has 3 aromatic rings. The summed E-state index contributed by atoms with van der Waals surface area (Å²) in [5, 5.41) is 6.52. The van der Waals surface area contributed by atoms with E-state index in [9.17, 15) is 31.1 Å². The maximum absolute atomic E-state index is 12.9. The number of aryl methyl sites for hydroxylation is 1. The molecule has 0 spiro atoms. The van der Waals surface area contributed by atoms with Gasteiger partial charge in [0.1, 0.15) is 0 Å². The highest BCUT2D eigenvalue weighted by atomic mass is 19.4. The van der Waals surface area contributed by atoms with Gasteiger partial charge in [-0.1, -0.05) is 18.2 Å². The molecule has 30 heavy (non-hydrogen) atoms. The number of nitrogens with zero attached hydrogens (tertiary/aromatic N) is 2. The summed E-state index contributed by atoms with van der Waals surface area (Å²) in [5.41, 5.74) is -1.04. The number of carbonyl (C=O) groups is 1. The summed E-state index contributed by atoms with van der Waals surface area (Å²) in [6.07, 6.45) is -9.06. The molecule has 0 radical (unpaired) electrons.